The molecule has 0 amide bonds. The van der Waals surface area contributed by atoms with Crippen LogP contribution in [0.15, 0.2) is 72.9 Å². The third kappa shape index (κ3) is 67.1. The number of ether oxygens (including phenoxy) is 4. The lowest BCUT2D eigenvalue weighted by Crippen LogP contribution is -2.30. The minimum Gasteiger partial charge on any atom is -0.462 e. The number of phosphoric ester groups is 2. The topological polar surface area (TPSA) is 237 Å². The van der Waals surface area contributed by atoms with Gasteiger partial charge in [-0.05, 0) is 83.5 Å². The third-order valence-corrected chi connectivity index (χ3v) is 17.6. The minimum atomic E-state index is -4.98. The van der Waals surface area contributed by atoms with Gasteiger partial charge in [-0.15, -0.1) is 0 Å². The zero-order chi connectivity index (χ0) is 69.0. The van der Waals surface area contributed by atoms with Crippen molar-refractivity contribution in [2.75, 3.05) is 39.6 Å². The summed E-state index contributed by atoms with van der Waals surface area (Å²) in [6.07, 6.45) is 66.3. The highest BCUT2D eigenvalue weighted by molar-refractivity contribution is 7.47. The van der Waals surface area contributed by atoms with Crippen molar-refractivity contribution in [3.8, 4) is 0 Å². The van der Waals surface area contributed by atoms with Gasteiger partial charge in [0.1, 0.15) is 19.3 Å². The van der Waals surface area contributed by atoms with Gasteiger partial charge in [-0.3, -0.25) is 37.3 Å². The van der Waals surface area contributed by atoms with Crippen LogP contribution in [0.3, 0.4) is 0 Å². The SMILES string of the molecule is CC/C=C\C/C=C\C/C=C\C/C=C\C/C=C\CCCC(=O)OCC(COP(=O)(O)OCC(O)COP(=O)(O)OCC(COC(=O)CCCCCCCCCCCCCCC)OC(=O)CCCCCCC/C=C\CCCC)OC(=O)CCCCCCCCCCCCCCC. The van der Waals surface area contributed by atoms with Gasteiger partial charge in [0.25, 0.3) is 0 Å². The number of unbranched alkanes of at least 4 members (excludes halogenated alkanes) is 32. The van der Waals surface area contributed by atoms with Gasteiger partial charge in [0.05, 0.1) is 26.4 Å². The Balaban J connectivity index is 5.34. The van der Waals surface area contributed by atoms with Crippen LogP contribution in [0.25, 0.3) is 0 Å². The van der Waals surface area contributed by atoms with Gasteiger partial charge in [-0.2, -0.15) is 0 Å². The van der Waals surface area contributed by atoms with Crippen molar-refractivity contribution in [2.24, 2.45) is 0 Å². The third-order valence-electron chi connectivity index (χ3n) is 15.7. The summed E-state index contributed by atoms with van der Waals surface area (Å²) >= 11 is 0. The van der Waals surface area contributed by atoms with E-state index in [0.29, 0.717) is 32.1 Å². The fourth-order valence-corrected chi connectivity index (χ4v) is 11.6. The highest BCUT2D eigenvalue weighted by atomic mass is 31.2. The van der Waals surface area contributed by atoms with Crippen molar-refractivity contribution in [1.29, 1.82) is 0 Å². The van der Waals surface area contributed by atoms with E-state index in [0.717, 1.165) is 116 Å². The number of hydrogen-bond donors (Lipinski definition) is 3. The Labute approximate surface area is 571 Å². The van der Waals surface area contributed by atoms with E-state index in [9.17, 15) is 43.2 Å². The van der Waals surface area contributed by atoms with Crippen LogP contribution in [0, 0.1) is 0 Å². The summed E-state index contributed by atoms with van der Waals surface area (Å²) in [4.78, 5) is 72.6. The van der Waals surface area contributed by atoms with E-state index in [-0.39, 0.29) is 25.7 Å². The predicted molar refractivity (Wildman–Crippen MR) is 381 cm³/mol. The molecule has 5 atom stereocenters. The second-order valence-electron chi connectivity index (χ2n) is 24.9. The van der Waals surface area contributed by atoms with Crippen molar-refractivity contribution in [3.63, 3.8) is 0 Å². The predicted octanol–water partition coefficient (Wildman–Crippen LogP) is 20.9. The molecule has 0 radical (unpaired) electrons. The number of esters is 4. The molecule has 19 heteroatoms. The molecule has 546 valence electrons. The maximum Gasteiger partial charge on any atom is 0.472 e. The number of carbonyl (C=O) groups excluding carboxylic acids is 4. The first-order valence-electron chi connectivity index (χ1n) is 37.2. The fraction of sp³-hybridized carbons (Fsp3) is 0.787. The Kier molecular flexibility index (Phi) is 65.5. The van der Waals surface area contributed by atoms with Crippen LogP contribution in [0.5, 0.6) is 0 Å². The van der Waals surface area contributed by atoms with E-state index in [1.165, 1.54) is 122 Å². The van der Waals surface area contributed by atoms with Gasteiger partial charge in [0, 0.05) is 25.7 Å². The summed E-state index contributed by atoms with van der Waals surface area (Å²) in [5.74, 6) is -2.23. The van der Waals surface area contributed by atoms with E-state index in [1.54, 1.807) is 0 Å². The van der Waals surface area contributed by atoms with Crippen molar-refractivity contribution in [1.82, 2.24) is 0 Å². The summed E-state index contributed by atoms with van der Waals surface area (Å²) in [5.41, 5.74) is 0. The molecule has 0 saturated carbocycles. The molecular weight excluding hydrogens is 1230 g/mol. The maximum absolute atomic E-state index is 13.0. The van der Waals surface area contributed by atoms with Crippen molar-refractivity contribution in [3.05, 3.63) is 72.9 Å². The standard InChI is InChI=1S/C75H134O17P2/c1-5-9-13-17-21-25-29-32-33-34-35-38-41-44-48-52-56-60-73(78)86-66-71(92-75(80)62-58-54-50-46-42-37-31-27-23-19-15-11-7-3)68-90-94(83,84)88-64-69(76)63-87-93(81,82)89-67-70(91-74(79)61-57-53-49-45-39-28-24-20-16-12-8-4)65-85-72(77)59-55-51-47-43-40-36-30-26-22-18-14-10-6-2/h9,13,20-21,24-25,32-33,35,38,44,48,69-71,76H,5-8,10-12,14-19,22-23,26-31,34,36-37,39-43,45-47,49-68H2,1-4H3,(H,81,82)(H,83,84)/b13-9-,24-20-,25-21-,33-32-,38-35-,48-44-. The minimum absolute atomic E-state index is 0.0867. The molecule has 0 saturated heterocycles. The zero-order valence-corrected chi connectivity index (χ0v) is 61.2. The average molecular weight is 1370 g/mol. The molecule has 17 nitrogen and oxygen atoms in total. The maximum atomic E-state index is 13.0. The molecule has 0 aromatic carbocycles. The summed E-state index contributed by atoms with van der Waals surface area (Å²) in [6.45, 7) is 4.68. The first-order valence-corrected chi connectivity index (χ1v) is 40.2. The molecule has 0 aliphatic rings. The zero-order valence-electron chi connectivity index (χ0n) is 59.4. The Morgan fingerprint density at radius 3 is 0.936 bits per heavy atom. The Hall–Kier alpha value is -3.50. The molecule has 5 unspecified atom stereocenters. The number of rotatable bonds is 70. The fourth-order valence-electron chi connectivity index (χ4n) is 10.0. The van der Waals surface area contributed by atoms with Gasteiger partial charge in [-0.1, -0.05) is 287 Å². The largest absolute Gasteiger partial charge is 0.472 e. The Bertz CT molecular complexity index is 2070. The van der Waals surface area contributed by atoms with Crippen LogP contribution < -0.4 is 0 Å². The van der Waals surface area contributed by atoms with Crippen molar-refractivity contribution in [2.45, 2.75) is 341 Å². The highest BCUT2D eigenvalue weighted by Crippen LogP contribution is 2.45. The van der Waals surface area contributed by atoms with Gasteiger partial charge in [-0.25, -0.2) is 9.13 Å². The molecule has 3 N–H and O–H groups in total. The molecule has 0 rings (SSSR count). The lowest BCUT2D eigenvalue weighted by Gasteiger charge is -2.21. The van der Waals surface area contributed by atoms with Crippen LogP contribution >= 0.6 is 15.6 Å². The summed E-state index contributed by atoms with van der Waals surface area (Å²) in [5, 5.41) is 10.6. The number of hydrogen-bond acceptors (Lipinski definition) is 15. The molecule has 0 aliphatic heterocycles. The monoisotopic (exact) mass is 1370 g/mol. The van der Waals surface area contributed by atoms with E-state index in [2.05, 4.69) is 88.5 Å². The van der Waals surface area contributed by atoms with Crippen LogP contribution in [0.1, 0.15) is 323 Å². The molecule has 94 heavy (non-hydrogen) atoms. The van der Waals surface area contributed by atoms with Crippen LogP contribution in [0.2, 0.25) is 0 Å². The Morgan fingerprint density at radius 2 is 0.574 bits per heavy atom. The molecular formula is C75H134O17P2. The number of allylic oxidation sites excluding steroid dienone is 12. The second kappa shape index (κ2) is 68.0. The van der Waals surface area contributed by atoms with Gasteiger partial charge in [0.2, 0.25) is 0 Å². The van der Waals surface area contributed by atoms with E-state index in [4.69, 9.17) is 37.0 Å². The quantitative estimate of drug-likeness (QED) is 0.0169. The number of phosphoric acid groups is 2. The van der Waals surface area contributed by atoms with Crippen molar-refractivity contribution < 1.29 is 80.2 Å². The van der Waals surface area contributed by atoms with Crippen LogP contribution in [-0.2, 0) is 65.4 Å². The summed E-state index contributed by atoms with van der Waals surface area (Å²) in [6, 6.07) is 0. The first kappa shape index (κ1) is 90.5. The van der Waals surface area contributed by atoms with E-state index < -0.39 is 97.5 Å². The molecule has 0 bridgehead atoms. The van der Waals surface area contributed by atoms with Crippen LogP contribution in [-0.4, -0.2) is 96.7 Å². The smallest absolute Gasteiger partial charge is 0.462 e. The Morgan fingerprint density at radius 1 is 0.309 bits per heavy atom. The number of carbonyl (C=O) groups is 4. The first-order chi connectivity index (χ1) is 45.7. The highest BCUT2D eigenvalue weighted by Gasteiger charge is 2.30. The second-order valence-corrected chi connectivity index (χ2v) is 27.8. The molecule has 0 fully saturated rings. The number of aliphatic hydroxyl groups excluding tert-OH is 1. The van der Waals surface area contributed by atoms with Gasteiger partial charge >= 0.3 is 39.5 Å². The van der Waals surface area contributed by atoms with Crippen LogP contribution in [0.4, 0.5) is 0 Å². The number of aliphatic hydroxyl groups is 1. The van der Waals surface area contributed by atoms with Gasteiger partial charge < -0.3 is 33.8 Å². The molecule has 0 heterocycles. The summed E-state index contributed by atoms with van der Waals surface area (Å²) in [7, 11) is -9.94. The van der Waals surface area contributed by atoms with Crippen molar-refractivity contribution >= 4 is 39.5 Å². The van der Waals surface area contributed by atoms with E-state index in [1.807, 2.05) is 12.2 Å². The molecule has 0 aromatic rings. The van der Waals surface area contributed by atoms with Gasteiger partial charge in [0.15, 0.2) is 12.2 Å². The lowest BCUT2D eigenvalue weighted by atomic mass is 10.0. The lowest BCUT2D eigenvalue weighted by molar-refractivity contribution is -0.161. The molecule has 0 aromatic heterocycles. The van der Waals surface area contributed by atoms with E-state index >= 15 is 0 Å². The molecule has 0 spiro atoms. The average Bonchev–Trinajstić information content (AvgIpc) is 2.15. The normalized spacial score (nSPS) is 14.4. The summed E-state index contributed by atoms with van der Waals surface area (Å²) < 4.78 is 68.3. The molecule has 0 aliphatic carbocycles.